The van der Waals surface area contributed by atoms with Crippen LogP contribution in [0.4, 0.5) is 0 Å². The van der Waals surface area contributed by atoms with Crippen molar-refractivity contribution in [2.75, 3.05) is 0 Å². The fourth-order valence-electron chi connectivity index (χ4n) is 2.20. The molecule has 0 amide bonds. The fourth-order valence-corrected chi connectivity index (χ4v) is 3.59. The van der Waals surface area contributed by atoms with Gasteiger partial charge in [0, 0.05) is 0 Å². The molecule has 102 valence electrons. The first-order chi connectivity index (χ1) is 8.87. The van der Waals surface area contributed by atoms with E-state index in [0.29, 0.717) is 5.69 Å². The third-order valence-corrected chi connectivity index (χ3v) is 4.98. The summed E-state index contributed by atoms with van der Waals surface area (Å²) in [7, 11) is -3.59. The summed E-state index contributed by atoms with van der Waals surface area (Å²) in [6.45, 7) is 7.56. The average Bonchev–Trinajstić information content (AvgIpc) is 2.65. The van der Waals surface area contributed by atoms with Crippen LogP contribution in [0.3, 0.4) is 0 Å². The highest BCUT2D eigenvalue weighted by Crippen LogP contribution is 2.20. The van der Waals surface area contributed by atoms with Crippen molar-refractivity contribution in [1.29, 1.82) is 0 Å². The SMILES string of the molecule is CCc1c(C)nn(S(=O)(=O)c2ccc(C)cc2)c1C. The van der Waals surface area contributed by atoms with Crippen LogP contribution in [0, 0.1) is 20.8 Å². The summed E-state index contributed by atoms with van der Waals surface area (Å²) in [4.78, 5) is 0.270. The van der Waals surface area contributed by atoms with Crippen molar-refractivity contribution in [1.82, 2.24) is 9.19 Å². The van der Waals surface area contributed by atoms with Crippen LogP contribution >= 0.6 is 0 Å². The third kappa shape index (κ3) is 2.30. The molecule has 1 aromatic carbocycles. The lowest BCUT2D eigenvalue weighted by Crippen LogP contribution is -2.16. The van der Waals surface area contributed by atoms with Crippen LogP contribution < -0.4 is 0 Å². The zero-order chi connectivity index (χ0) is 14.2. The van der Waals surface area contributed by atoms with Crippen LogP contribution in [-0.2, 0) is 16.4 Å². The van der Waals surface area contributed by atoms with E-state index < -0.39 is 10.0 Å². The zero-order valence-electron chi connectivity index (χ0n) is 11.6. The number of nitrogens with zero attached hydrogens (tertiary/aromatic N) is 2. The maximum absolute atomic E-state index is 12.5. The Morgan fingerprint density at radius 1 is 1.11 bits per heavy atom. The number of hydrogen-bond acceptors (Lipinski definition) is 3. The van der Waals surface area contributed by atoms with E-state index in [1.807, 2.05) is 20.8 Å². The first-order valence-corrected chi connectivity index (χ1v) is 7.69. The van der Waals surface area contributed by atoms with Crippen LogP contribution in [0.1, 0.15) is 29.4 Å². The highest BCUT2D eigenvalue weighted by molar-refractivity contribution is 7.89. The molecule has 0 saturated heterocycles. The molecule has 0 N–H and O–H groups in total. The van der Waals surface area contributed by atoms with Crippen molar-refractivity contribution >= 4 is 10.0 Å². The number of aryl methyl sites for hydroxylation is 2. The Labute approximate surface area is 114 Å². The smallest absolute Gasteiger partial charge is 0.199 e. The first kappa shape index (κ1) is 13.8. The van der Waals surface area contributed by atoms with Gasteiger partial charge in [0.1, 0.15) is 0 Å². The summed E-state index contributed by atoms with van der Waals surface area (Å²) < 4.78 is 26.2. The van der Waals surface area contributed by atoms with Gasteiger partial charge in [0.2, 0.25) is 0 Å². The highest BCUT2D eigenvalue weighted by atomic mass is 32.2. The molecule has 0 bridgehead atoms. The van der Waals surface area contributed by atoms with E-state index in [1.54, 1.807) is 31.2 Å². The lowest BCUT2D eigenvalue weighted by Gasteiger charge is -2.07. The Balaban J connectivity index is 2.60. The molecule has 0 atom stereocenters. The molecule has 0 saturated carbocycles. The topological polar surface area (TPSA) is 52.0 Å². The number of aromatic nitrogens is 2. The first-order valence-electron chi connectivity index (χ1n) is 6.25. The summed E-state index contributed by atoms with van der Waals surface area (Å²) in [6, 6.07) is 6.82. The normalized spacial score (nSPS) is 11.8. The van der Waals surface area contributed by atoms with Gasteiger partial charge in [-0.3, -0.25) is 0 Å². The minimum Gasteiger partial charge on any atom is -0.199 e. The van der Waals surface area contributed by atoms with Crippen LogP contribution in [0.5, 0.6) is 0 Å². The lowest BCUT2D eigenvalue weighted by atomic mass is 10.1. The molecule has 2 aromatic rings. The minimum absolute atomic E-state index is 0.270. The quantitative estimate of drug-likeness (QED) is 0.867. The van der Waals surface area contributed by atoms with E-state index in [9.17, 15) is 8.42 Å². The maximum atomic E-state index is 12.5. The molecule has 0 aliphatic heterocycles. The molecular formula is C14H18N2O2S. The van der Waals surface area contributed by atoms with Gasteiger partial charge in [-0.2, -0.15) is 17.6 Å². The molecule has 0 radical (unpaired) electrons. The van der Waals surface area contributed by atoms with Crippen molar-refractivity contribution in [3.8, 4) is 0 Å². The van der Waals surface area contributed by atoms with Crippen LogP contribution in [0.25, 0.3) is 0 Å². The van der Waals surface area contributed by atoms with E-state index in [2.05, 4.69) is 5.10 Å². The predicted octanol–water partition coefficient (Wildman–Crippen LogP) is 2.61. The van der Waals surface area contributed by atoms with E-state index in [0.717, 1.165) is 27.3 Å². The summed E-state index contributed by atoms with van der Waals surface area (Å²) in [5, 5.41) is 4.18. The predicted molar refractivity (Wildman–Crippen MR) is 74.8 cm³/mol. The molecule has 2 rings (SSSR count). The number of benzene rings is 1. The van der Waals surface area contributed by atoms with Gasteiger partial charge in [-0.15, -0.1) is 0 Å². The fraction of sp³-hybridized carbons (Fsp3) is 0.357. The summed E-state index contributed by atoms with van der Waals surface area (Å²) in [6.07, 6.45) is 0.779. The zero-order valence-corrected chi connectivity index (χ0v) is 12.5. The Kier molecular flexibility index (Phi) is 3.49. The maximum Gasteiger partial charge on any atom is 0.283 e. The van der Waals surface area contributed by atoms with Crippen LogP contribution in [0.15, 0.2) is 29.2 Å². The van der Waals surface area contributed by atoms with Gasteiger partial charge in [0.15, 0.2) is 0 Å². The van der Waals surface area contributed by atoms with E-state index in [-0.39, 0.29) is 4.90 Å². The Hall–Kier alpha value is -1.62. The van der Waals surface area contributed by atoms with E-state index >= 15 is 0 Å². The molecule has 0 spiro atoms. The van der Waals surface area contributed by atoms with Gasteiger partial charge >= 0.3 is 0 Å². The molecule has 1 aromatic heterocycles. The largest absolute Gasteiger partial charge is 0.283 e. The van der Waals surface area contributed by atoms with Gasteiger partial charge in [0.25, 0.3) is 10.0 Å². The van der Waals surface area contributed by atoms with Crippen molar-refractivity contribution in [3.63, 3.8) is 0 Å². The van der Waals surface area contributed by atoms with Gasteiger partial charge < -0.3 is 0 Å². The molecule has 1 heterocycles. The minimum atomic E-state index is -3.59. The van der Waals surface area contributed by atoms with Gasteiger partial charge in [-0.05, 0) is 44.9 Å². The third-order valence-electron chi connectivity index (χ3n) is 3.30. The second-order valence-electron chi connectivity index (χ2n) is 4.66. The van der Waals surface area contributed by atoms with Crippen molar-refractivity contribution in [2.45, 2.75) is 39.0 Å². The summed E-state index contributed by atoms with van der Waals surface area (Å²) in [5.74, 6) is 0. The number of hydrogen-bond donors (Lipinski definition) is 0. The molecule has 0 aliphatic rings. The Morgan fingerprint density at radius 3 is 2.16 bits per heavy atom. The van der Waals surface area contributed by atoms with Crippen molar-refractivity contribution in [2.24, 2.45) is 0 Å². The molecule has 0 aliphatic carbocycles. The molecule has 0 unspecified atom stereocenters. The van der Waals surface area contributed by atoms with Crippen molar-refractivity contribution in [3.05, 3.63) is 46.8 Å². The van der Waals surface area contributed by atoms with Crippen LogP contribution in [-0.4, -0.2) is 17.6 Å². The number of rotatable bonds is 3. The Morgan fingerprint density at radius 2 is 1.68 bits per heavy atom. The summed E-state index contributed by atoms with van der Waals surface area (Å²) in [5.41, 5.74) is 3.49. The van der Waals surface area contributed by atoms with Gasteiger partial charge in [0.05, 0.1) is 16.3 Å². The lowest BCUT2D eigenvalue weighted by molar-refractivity contribution is 0.577. The molecule has 19 heavy (non-hydrogen) atoms. The summed E-state index contributed by atoms with van der Waals surface area (Å²) >= 11 is 0. The van der Waals surface area contributed by atoms with Crippen molar-refractivity contribution < 1.29 is 8.42 Å². The monoisotopic (exact) mass is 278 g/mol. The highest BCUT2D eigenvalue weighted by Gasteiger charge is 2.22. The van der Waals surface area contributed by atoms with E-state index in [1.165, 1.54) is 0 Å². The second-order valence-corrected chi connectivity index (χ2v) is 6.43. The molecule has 0 fully saturated rings. The Bertz CT molecular complexity index is 698. The molecule has 4 nitrogen and oxygen atoms in total. The molecular weight excluding hydrogens is 260 g/mol. The van der Waals surface area contributed by atoms with Crippen LogP contribution in [0.2, 0.25) is 0 Å². The standard InChI is InChI=1S/C14H18N2O2S/c1-5-14-11(3)15-16(12(14)4)19(17,18)13-8-6-10(2)7-9-13/h6-9H,5H2,1-4H3. The van der Waals surface area contributed by atoms with Gasteiger partial charge in [-0.1, -0.05) is 24.6 Å². The van der Waals surface area contributed by atoms with E-state index in [4.69, 9.17) is 0 Å². The van der Waals surface area contributed by atoms with Gasteiger partial charge in [-0.25, -0.2) is 0 Å². The second kappa shape index (κ2) is 4.81. The average molecular weight is 278 g/mol. The molecule has 5 heteroatoms.